The minimum atomic E-state index is -0.577. The van der Waals surface area contributed by atoms with Crippen molar-refractivity contribution in [1.29, 1.82) is 0 Å². The molecule has 1 aliphatic rings. The molecule has 18 heavy (non-hydrogen) atoms. The average Bonchev–Trinajstić information content (AvgIpc) is 2.36. The molecular formula is C15H31NOS. The first-order chi connectivity index (χ1) is 8.63. The summed E-state index contributed by atoms with van der Waals surface area (Å²) in [5.41, 5.74) is 0. The van der Waals surface area contributed by atoms with Crippen LogP contribution in [0.1, 0.15) is 65.7 Å². The van der Waals surface area contributed by atoms with E-state index in [0.29, 0.717) is 11.3 Å². The van der Waals surface area contributed by atoms with Gasteiger partial charge in [0, 0.05) is 27.8 Å². The van der Waals surface area contributed by atoms with Gasteiger partial charge in [-0.2, -0.15) is 0 Å². The van der Waals surface area contributed by atoms with Gasteiger partial charge in [0.1, 0.15) is 0 Å². The van der Waals surface area contributed by atoms with Crippen molar-refractivity contribution in [3.8, 4) is 0 Å². The molecule has 0 spiro atoms. The van der Waals surface area contributed by atoms with E-state index in [2.05, 4.69) is 26.1 Å². The van der Waals surface area contributed by atoms with Crippen molar-refractivity contribution in [2.75, 3.05) is 12.3 Å². The van der Waals surface area contributed by atoms with Gasteiger partial charge in [0.15, 0.2) is 0 Å². The molecule has 0 bridgehead atoms. The Labute approximate surface area is 116 Å². The van der Waals surface area contributed by atoms with E-state index in [4.69, 9.17) is 0 Å². The summed E-state index contributed by atoms with van der Waals surface area (Å²) in [4.78, 5) is 0. The average molecular weight is 273 g/mol. The highest BCUT2D eigenvalue weighted by Gasteiger charge is 2.23. The minimum absolute atomic E-state index is 0.493. The van der Waals surface area contributed by atoms with E-state index >= 15 is 0 Å². The van der Waals surface area contributed by atoms with E-state index in [0.717, 1.165) is 31.1 Å². The monoisotopic (exact) mass is 273 g/mol. The van der Waals surface area contributed by atoms with Gasteiger partial charge in [0.2, 0.25) is 0 Å². The maximum absolute atomic E-state index is 12.2. The molecule has 0 aliphatic heterocycles. The van der Waals surface area contributed by atoms with Gasteiger partial charge in [0.25, 0.3) is 0 Å². The molecular weight excluding hydrogens is 242 g/mol. The Hall–Kier alpha value is 0.110. The molecule has 4 atom stereocenters. The summed E-state index contributed by atoms with van der Waals surface area (Å²) in [6.07, 6.45) is 8.47. The predicted molar refractivity (Wildman–Crippen MR) is 81.4 cm³/mol. The van der Waals surface area contributed by atoms with Crippen LogP contribution in [-0.2, 0) is 10.8 Å². The van der Waals surface area contributed by atoms with E-state index in [9.17, 15) is 4.21 Å². The summed E-state index contributed by atoms with van der Waals surface area (Å²) in [7, 11) is -0.577. The quantitative estimate of drug-likeness (QED) is 0.733. The number of nitrogens with one attached hydrogen (secondary N) is 1. The fourth-order valence-electron chi connectivity index (χ4n) is 2.81. The third-order valence-corrected chi connectivity index (χ3v) is 5.85. The van der Waals surface area contributed by atoms with Crippen LogP contribution in [0.25, 0.3) is 0 Å². The zero-order valence-corrected chi connectivity index (χ0v) is 13.2. The molecule has 1 fully saturated rings. The molecule has 0 radical (unpaired) electrons. The van der Waals surface area contributed by atoms with Crippen molar-refractivity contribution in [3.63, 3.8) is 0 Å². The zero-order chi connectivity index (χ0) is 13.4. The van der Waals surface area contributed by atoms with Crippen LogP contribution in [0, 0.1) is 5.92 Å². The van der Waals surface area contributed by atoms with Crippen LogP contribution in [0.5, 0.6) is 0 Å². The molecule has 0 aromatic carbocycles. The summed E-state index contributed by atoms with van der Waals surface area (Å²) >= 11 is 0. The van der Waals surface area contributed by atoms with Crippen LogP contribution in [0.3, 0.4) is 0 Å². The summed E-state index contributed by atoms with van der Waals surface area (Å²) in [5, 5.41) is 3.99. The first-order valence-electron chi connectivity index (χ1n) is 7.74. The van der Waals surface area contributed by atoms with Gasteiger partial charge in [-0.15, -0.1) is 0 Å². The second kappa shape index (κ2) is 9.08. The zero-order valence-electron chi connectivity index (χ0n) is 12.4. The van der Waals surface area contributed by atoms with Crippen LogP contribution < -0.4 is 5.32 Å². The van der Waals surface area contributed by atoms with Crippen LogP contribution in [0.15, 0.2) is 0 Å². The number of hydrogen-bond donors (Lipinski definition) is 1. The predicted octanol–water partition coefficient (Wildman–Crippen LogP) is 3.48. The molecule has 3 heteroatoms. The summed E-state index contributed by atoms with van der Waals surface area (Å²) in [6.45, 7) is 7.84. The number of hydrogen-bond acceptors (Lipinski definition) is 2. The normalized spacial score (nSPS) is 27.9. The van der Waals surface area contributed by atoms with Crippen molar-refractivity contribution in [2.45, 2.75) is 77.0 Å². The molecule has 2 nitrogen and oxygen atoms in total. The summed E-state index contributed by atoms with van der Waals surface area (Å²) < 4.78 is 12.2. The molecule has 1 rings (SSSR count). The van der Waals surface area contributed by atoms with Crippen molar-refractivity contribution >= 4 is 10.8 Å². The third-order valence-electron chi connectivity index (χ3n) is 3.99. The molecule has 0 saturated heterocycles. The van der Waals surface area contributed by atoms with E-state index in [1.807, 2.05) is 0 Å². The molecule has 0 aromatic rings. The molecule has 0 aromatic heterocycles. The van der Waals surface area contributed by atoms with Crippen molar-refractivity contribution < 1.29 is 4.21 Å². The molecule has 0 heterocycles. The summed E-state index contributed by atoms with van der Waals surface area (Å²) in [6, 6.07) is 0.576. The number of rotatable bonds is 8. The second-order valence-corrected chi connectivity index (χ2v) is 7.81. The fraction of sp³-hybridized carbons (Fsp3) is 1.00. The minimum Gasteiger partial charge on any atom is -0.314 e. The Balaban J connectivity index is 2.12. The van der Waals surface area contributed by atoms with Crippen LogP contribution in [-0.4, -0.2) is 27.8 Å². The molecule has 1 saturated carbocycles. The highest BCUT2D eigenvalue weighted by atomic mass is 32.2. The van der Waals surface area contributed by atoms with E-state index < -0.39 is 10.8 Å². The topological polar surface area (TPSA) is 29.1 Å². The lowest BCUT2D eigenvalue weighted by molar-refractivity contribution is 0.389. The van der Waals surface area contributed by atoms with Crippen LogP contribution in [0.2, 0.25) is 0 Å². The van der Waals surface area contributed by atoms with Crippen LogP contribution >= 0.6 is 0 Å². The standard InChI is InChI=1S/C15H31NOS/c1-4-10-16-14(3)8-6-11-18(17)15-9-5-7-13(2)12-15/h13-16H,4-12H2,1-3H3. The van der Waals surface area contributed by atoms with Gasteiger partial charge in [-0.05, 0) is 51.5 Å². The van der Waals surface area contributed by atoms with Gasteiger partial charge in [0.05, 0.1) is 0 Å². The highest BCUT2D eigenvalue weighted by Crippen LogP contribution is 2.27. The van der Waals surface area contributed by atoms with Crippen molar-refractivity contribution in [1.82, 2.24) is 5.32 Å². The van der Waals surface area contributed by atoms with Gasteiger partial charge in [-0.1, -0.05) is 26.7 Å². The highest BCUT2D eigenvalue weighted by molar-refractivity contribution is 7.85. The van der Waals surface area contributed by atoms with Gasteiger partial charge < -0.3 is 5.32 Å². The summed E-state index contributed by atoms with van der Waals surface area (Å²) in [5.74, 6) is 1.70. The van der Waals surface area contributed by atoms with Crippen molar-refractivity contribution in [2.24, 2.45) is 5.92 Å². The third kappa shape index (κ3) is 6.33. The lowest BCUT2D eigenvalue weighted by Crippen LogP contribution is -2.28. The Morgan fingerprint density at radius 3 is 2.83 bits per heavy atom. The molecule has 1 N–H and O–H groups in total. The fourth-order valence-corrected chi connectivity index (χ4v) is 4.57. The first kappa shape index (κ1) is 16.2. The molecule has 1 aliphatic carbocycles. The van der Waals surface area contributed by atoms with Crippen LogP contribution in [0.4, 0.5) is 0 Å². The van der Waals surface area contributed by atoms with E-state index in [1.165, 1.54) is 32.1 Å². The Morgan fingerprint density at radius 2 is 2.17 bits per heavy atom. The van der Waals surface area contributed by atoms with E-state index in [1.54, 1.807) is 0 Å². The molecule has 108 valence electrons. The maximum Gasteiger partial charge on any atom is 0.0350 e. The molecule has 4 unspecified atom stereocenters. The van der Waals surface area contributed by atoms with Crippen molar-refractivity contribution in [3.05, 3.63) is 0 Å². The maximum atomic E-state index is 12.2. The lowest BCUT2D eigenvalue weighted by Gasteiger charge is -2.26. The SMILES string of the molecule is CCCNC(C)CCCS(=O)C1CCCC(C)C1. The Kier molecular flexibility index (Phi) is 8.16. The Bertz CT molecular complexity index is 245. The largest absolute Gasteiger partial charge is 0.314 e. The second-order valence-electron chi connectivity index (χ2n) is 5.98. The van der Waals surface area contributed by atoms with E-state index in [-0.39, 0.29) is 0 Å². The lowest BCUT2D eigenvalue weighted by atomic mass is 9.91. The smallest absolute Gasteiger partial charge is 0.0350 e. The Morgan fingerprint density at radius 1 is 1.39 bits per heavy atom. The first-order valence-corrected chi connectivity index (χ1v) is 9.12. The molecule has 0 amide bonds. The van der Waals surface area contributed by atoms with Gasteiger partial charge in [-0.3, -0.25) is 4.21 Å². The van der Waals surface area contributed by atoms with Gasteiger partial charge in [-0.25, -0.2) is 0 Å². The van der Waals surface area contributed by atoms with Gasteiger partial charge >= 0.3 is 0 Å².